The van der Waals surface area contributed by atoms with Crippen LogP contribution in [0.1, 0.15) is 19.8 Å². The van der Waals surface area contributed by atoms with E-state index in [2.05, 4.69) is 15.3 Å². The number of rotatable bonds is 4. The molecule has 0 aromatic carbocycles. The summed E-state index contributed by atoms with van der Waals surface area (Å²) in [7, 11) is 0. The first-order valence-electron chi connectivity index (χ1n) is 4.67. The van der Waals surface area contributed by atoms with Crippen LogP contribution in [0.25, 0.3) is 0 Å². The maximum absolute atomic E-state index is 11.5. The molecule has 0 spiro atoms. The number of nitrogens with one attached hydrogen (secondary N) is 1. The zero-order chi connectivity index (χ0) is 11.3. The molecule has 1 amide bonds. The highest BCUT2D eigenvalue weighted by molar-refractivity contribution is 6.29. The fraction of sp³-hybridized carbons (Fsp3) is 0.444. The first-order chi connectivity index (χ1) is 7.13. The summed E-state index contributed by atoms with van der Waals surface area (Å²) in [5.41, 5.74) is 5.63. The third kappa shape index (κ3) is 3.81. The van der Waals surface area contributed by atoms with Gasteiger partial charge in [0.25, 0.3) is 0 Å². The lowest BCUT2D eigenvalue weighted by atomic mass is 10.2. The number of nitrogens with zero attached hydrogens (tertiary/aromatic N) is 2. The first kappa shape index (κ1) is 11.9. The molecule has 0 bridgehead atoms. The standard InChI is InChI=1S/C9H13ClN4O/c1-2-3-6(11)9(15)14-8-4-7(10)12-5-13-8/h4-6H,2-3,11H2,1H3,(H,12,13,14,15)/t6-/m0/s1. The number of amides is 1. The van der Waals surface area contributed by atoms with Gasteiger partial charge in [0, 0.05) is 6.07 Å². The molecule has 0 saturated carbocycles. The summed E-state index contributed by atoms with van der Waals surface area (Å²) in [6.45, 7) is 1.97. The van der Waals surface area contributed by atoms with E-state index in [4.69, 9.17) is 17.3 Å². The summed E-state index contributed by atoms with van der Waals surface area (Å²) in [5.74, 6) is 0.109. The van der Waals surface area contributed by atoms with Gasteiger partial charge in [-0.2, -0.15) is 0 Å². The molecule has 1 aromatic rings. The minimum Gasteiger partial charge on any atom is -0.320 e. The Hall–Kier alpha value is -1.20. The summed E-state index contributed by atoms with van der Waals surface area (Å²) in [6.07, 6.45) is 2.78. The van der Waals surface area contributed by atoms with Gasteiger partial charge in [0.15, 0.2) is 0 Å². The number of hydrogen-bond donors (Lipinski definition) is 2. The molecule has 0 aliphatic carbocycles. The van der Waals surface area contributed by atoms with E-state index in [0.29, 0.717) is 12.2 Å². The molecule has 0 aliphatic heterocycles. The number of carbonyl (C=O) groups is 1. The summed E-state index contributed by atoms with van der Waals surface area (Å²) in [5, 5.41) is 2.85. The second-order valence-electron chi connectivity index (χ2n) is 3.11. The summed E-state index contributed by atoms with van der Waals surface area (Å²) in [6, 6.07) is 0.960. The molecule has 0 unspecified atom stereocenters. The SMILES string of the molecule is CCC[C@H](N)C(=O)Nc1cc(Cl)ncn1. The van der Waals surface area contributed by atoms with E-state index >= 15 is 0 Å². The van der Waals surface area contributed by atoms with Crippen LogP contribution in [0.3, 0.4) is 0 Å². The number of carbonyl (C=O) groups excluding carboxylic acids is 1. The van der Waals surface area contributed by atoms with Crippen LogP contribution >= 0.6 is 11.6 Å². The van der Waals surface area contributed by atoms with Gasteiger partial charge in [0.05, 0.1) is 6.04 Å². The minimum absolute atomic E-state index is 0.258. The fourth-order valence-corrected chi connectivity index (χ4v) is 1.21. The zero-order valence-electron chi connectivity index (χ0n) is 8.40. The van der Waals surface area contributed by atoms with Gasteiger partial charge in [-0.3, -0.25) is 4.79 Å². The topological polar surface area (TPSA) is 80.9 Å². The number of halogens is 1. The Kier molecular flexibility index (Phi) is 4.45. The molecule has 1 atom stereocenters. The molecule has 5 nitrogen and oxygen atoms in total. The lowest BCUT2D eigenvalue weighted by molar-refractivity contribution is -0.117. The average molecular weight is 229 g/mol. The van der Waals surface area contributed by atoms with Crippen molar-refractivity contribution in [2.45, 2.75) is 25.8 Å². The van der Waals surface area contributed by atoms with E-state index in [9.17, 15) is 4.79 Å². The van der Waals surface area contributed by atoms with Crippen molar-refractivity contribution >= 4 is 23.3 Å². The van der Waals surface area contributed by atoms with Gasteiger partial charge in [-0.15, -0.1) is 0 Å². The van der Waals surface area contributed by atoms with Crippen LogP contribution in [-0.2, 0) is 4.79 Å². The Morgan fingerprint density at radius 1 is 1.67 bits per heavy atom. The van der Waals surface area contributed by atoms with Crippen LogP contribution < -0.4 is 11.1 Å². The number of aromatic nitrogens is 2. The fourth-order valence-electron chi connectivity index (χ4n) is 1.06. The van der Waals surface area contributed by atoms with Crippen LogP contribution in [0.5, 0.6) is 0 Å². The molecule has 1 heterocycles. The first-order valence-corrected chi connectivity index (χ1v) is 5.05. The molecule has 1 aromatic heterocycles. The van der Waals surface area contributed by atoms with Crippen LogP contribution in [0.4, 0.5) is 5.82 Å². The highest BCUT2D eigenvalue weighted by Crippen LogP contribution is 2.09. The molecule has 1 rings (SSSR count). The lowest BCUT2D eigenvalue weighted by Gasteiger charge is -2.10. The molecule has 3 N–H and O–H groups in total. The highest BCUT2D eigenvalue weighted by atomic mass is 35.5. The van der Waals surface area contributed by atoms with E-state index in [-0.39, 0.29) is 11.1 Å². The third-order valence-corrected chi connectivity index (χ3v) is 2.03. The molecule has 82 valence electrons. The minimum atomic E-state index is -0.510. The third-order valence-electron chi connectivity index (χ3n) is 1.82. The maximum atomic E-state index is 11.5. The van der Waals surface area contributed by atoms with E-state index < -0.39 is 6.04 Å². The quantitative estimate of drug-likeness (QED) is 0.759. The number of anilines is 1. The van der Waals surface area contributed by atoms with Crippen LogP contribution in [0.2, 0.25) is 5.15 Å². The van der Waals surface area contributed by atoms with Gasteiger partial charge in [-0.1, -0.05) is 24.9 Å². The molecule has 6 heteroatoms. The molecular weight excluding hydrogens is 216 g/mol. The lowest BCUT2D eigenvalue weighted by Crippen LogP contribution is -2.35. The monoisotopic (exact) mass is 228 g/mol. The average Bonchev–Trinajstić information content (AvgIpc) is 2.18. The largest absolute Gasteiger partial charge is 0.320 e. The molecule has 0 fully saturated rings. The Morgan fingerprint density at radius 2 is 2.40 bits per heavy atom. The van der Waals surface area contributed by atoms with Gasteiger partial charge in [0.1, 0.15) is 17.3 Å². The summed E-state index contributed by atoms with van der Waals surface area (Å²) >= 11 is 5.64. The van der Waals surface area contributed by atoms with E-state index in [0.717, 1.165) is 6.42 Å². The predicted octanol–water partition coefficient (Wildman–Crippen LogP) is 1.20. The van der Waals surface area contributed by atoms with E-state index in [1.165, 1.54) is 12.4 Å². The van der Waals surface area contributed by atoms with Gasteiger partial charge in [-0.25, -0.2) is 9.97 Å². The maximum Gasteiger partial charge on any atom is 0.242 e. The van der Waals surface area contributed by atoms with Gasteiger partial charge >= 0.3 is 0 Å². The van der Waals surface area contributed by atoms with E-state index in [1.807, 2.05) is 6.92 Å². The van der Waals surface area contributed by atoms with Crippen molar-refractivity contribution < 1.29 is 4.79 Å². The Bertz CT molecular complexity index is 345. The second-order valence-corrected chi connectivity index (χ2v) is 3.50. The Balaban J connectivity index is 2.58. The van der Waals surface area contributed by atoms with Crippen molar-refractivity contribution in [3.63, 3.8) is 0 Å². The second kappa shape index (κ2) is 5.63. The van der Waals surface area contributed by atoms with E-state index in [1.54, 1.807) is 0 Å². The Morgan fingerprint density at radius 3 is 3.00 bits per heavy atom. The van der Waals surface area contributed by atoms with Crippen molar-refractivity contribution in [1.29, 1.82) is 0 Å². The molecular formula is C9H13ClN4O. The number of hydrogen-bond acceptors (Lipinski definition) is 4. The van der Waals surface area contributed by atoms with Crippen molar-refractivity contribution in [2.75, 3.05) is 5.32 Å². The molecule has 15 heavy (non-hydrogen) atoms. The zero-order valence-corrected chi connectivity index (χ0v) is 9.16. The van der Waals surface area contributed by atoms with Crippen molar-refractivity contribution in [3.8, 4) is 0 Å². The van der Waals surface area contributed by atoms with Crippen LogP contribution in [0.15, 0.2) is 12.4 Å². The van der Waals surface area contributed by atoms with Gasteiger partial charge < -0.3 is 11.1 Å². The van der Waals surface area contributed by atoms with Crippen molar-refractivity contribution in [2.24, 2.45) is 5.73 Å². The van der Waals surface area contributed by atoms with Gasteiger partial charge in [0.2, 0.25) is 5.91 Å². The van der Waals surface area contributed by atoms with Crippen LogP contribution in [0, 0.1) is 0 Å². The summed E-state index contributed by atoms with van der Waals surface area (Å²) < 4.78 is 0. The van der Waals surface area contributed by atoms with Crippen molar-refractivity contribution in [1.82, 2.24) is 9.97 Å². The highest BCUT2D eigenvalue weighted by Gasteiger charge is 2.12. The summed E-state index contributed by atoms with van der Waals surface area (Å²) in [4.78, 5) is 19.0. The Labute approximate surface area is 93.0 Å². The van der Waals surface area contributed by atoms with Crippen LogP contribution in [-0.4, -0.2) is 21.9 Å². The van der Waals surface area contributed by atoms with Crippen molar-refractivity contribution in [3.05, 3.63) is 17.5 Å². The predicted molar refractivity (Wildman–Crippen MR) is 58.6 cm³/mol. The molecule has 0 radical (unpaired) electrons. The normalized spacial score (nSPS) is 12.2. The number of nitrogens with two attached hydrogens (primary N) is 1. The smallest absolute Gasteiger partial charge is 0.242 e. The molecule has 0 aliphatic rings. The van der Waals surface area contributed by atoms with Gasteiger partial charge in [-0.05, 0) is 6.42 Å². The molecule has 0 saturated heterocycles.